The second-order valence-corrected chi connectivity index (χ2v) is 6.15. The first-order valence-corrected chi connectivity index (χ1v) is 7.96. The summed E-state index contributed by atoms with van der Waals surface area (Å²) >= 11 is 8.94. The molecular weight excluding hydrogens is 364 g/mol. The minimum atomic E-state index is 0.174. The fourth-order valence-electron chi connectivity index (χ4n) is 1.60. The van der Waals surface area contributed by atoms with Gasteiger partial charge in [0.05, 0.1) is 11.4 Å². The van der Waals surface area contributed by atoms with Crippen molar-refractivity contribution in [3.8, 4) is 5.75 Å². The van der Waals surface area contributed by atoms with E-state index in [1.165, 1.54) is 5.56 Å². The number of ether oxygens (including phenoxy) is 1. The van der Waals surface area contributed by atoms with Crippen molar-refractivity contribution >= 4 is 43.2 Å². The Morgan fingerprint density at radius 2 is 2.18 bits per heavy atom. The molecule has 0 amide bonds. The summed E-state index contributed by atoms with van der Waals surface area (Å²) in [6.07, 6.45) is 0. The van der Waals surface area contributed by atoms with E-state index in [2.05, 4.69) is 54.8 Å². The van der Waals surface area contributed by atoms with Crippen LogP contribution in [0.15, 0.2) is 39.5 Å². The van der Waals surface area contributed by atoms with Crippen molar-refractivity contribution < 1.29 is 4.74 Å². The van der Waals surface area contributed by atoms with Crippen molar-refractivity contribution in [2.45, 2.75) is 11.8 Å². The molecule has 0 aliphatic heterocycles. The van der Waals surface area contributed by atoms with Gasteiger partial charge in [-0.1, -0.05) is 31.9 Å². The molecule has 1 heterocycles. The molecule has 1 unspecified atom stereocenters. The average molecular weight is 376 g/mol. The van der Waals surface area contributed by atoms with Crippen LogP contribution in [0.4, 0.5) is 0 Å². The minimum absolute atomic E-state index is 0.174. The van der Waals surface area contributed by atoms with Crippen LogP contribution in [0, 0.1) is 0 Å². The number of hydrogen-bond donors (Lipinski definition) is 0. The van der Waals surface area contributed by atoms with Crippen LogP contribution in [0.2, 0.25) is 0 Å². The van der Waals surface area contributed by atoms with E-state index < -0.39 is 0 Å². The molecule has 0 saturated carbocycles. The Kier molecular flexibility index (Phi) is 4.65. The van der Waals surface area contributed by atoms with E-state index in [0.29, 0.717) is 6.61 Å². The van der Waals surface area contributed by atoms with Gasteiger partial charge in [0, 0.05) is 10.0 Å². The van der Waals surface area contributed by atoms with Crippen LogP contribution < -0.4 is 4.74 Å². The van der Waals surface area contributed by atoms with Gasteiger partial charge >= 0.3 is 0 Å². The second kappa shape index (κ2) is 6.03. The molecular formula is C13H12Br2OS. The highest BCUT2D eigenvalue weighted by molar-refractivity contribution is 9.10. The molecule has 0 fully saturated rings. The van der Waals surface area contributed by atoms with Crippen LogP contribution in [-0.4, -0.2) is 6.61 Å². The van der Waals surface area contributed by atoms with Gasteiger partial charge in [0.2, 0.25) is 0 Å². The quantitative estimate of drug-likeness (QED) is 0.650. The van der Waals surface area contributed by atoms with Crippen molar-refractivity contribution in [3.63, 3.8) is 0 Å². The van der Waals surface area contributed by atoms with Crippen molar-refractivity contribution in [1.29, 1.82) is 0 Å². The predicted molar refractivity (Wildman–Crippen MR) is 80.4 cm³/mol. The molecule has 2 aromatic rings. The summed E-state index contributed by atoms with van der Waals surface area (Å²) in [4.78, 5) is 0.174. The lowest BCUT2D eigenvalue weighted by Crippen LogP contribution is -1.99. The maximum absolute atomic E-state index is 5.66. The zero-order chi connectivity index (χ0) is 12.3. The van der Waals surface area contributed by atoms with Crippen molar-refractivity contribution in [3.05, 3.63) is 50.6 Å². The third kappa shape index (κ3) is 3.12. The Labute approximate surface area is 122 Å². The van der Waals surface area contributed by atoms with E-state index in [9.17, 15) is 0 Å². The molecule has 17 heavy (non-hydrogen) atoms. The second-order valence-electron chi connectivity index (χ2n) is 3.53. The molecule has 0 aliphatic carbocycles. The number of halogens is 2. The van der Waals surface area contributed by atoms with Crippen LogP contribution in [0.25, 0.3) is 0 Å². The molecule has 2 rings (SSSR count). The van der Waals surface area contributed by atoms with Gasteiger partial charge in [-0.15, -0.1) is 0 Å². The standard InChI is InChI=1S/C13H12Br2OS/c1-2-16-12-4-3-10(14)7-11(12)13(15)9-5-6-17-8-9/h3-8,13H,2H2,1H3. The smallest absolute Gasteiger partial charge is 0.124 e. The SMILES string of the molecule is CCOc1ccc(Br)cc1C(Br)c1ccsc1. The first kappa shape index (κ1) is 13.1. The number of thiophene rings is 1. The molecule has 0 bridgehead atoms. The maximum Gasteiger partial charge on any atom is 0.124 e. The topological polar surface area (TPSA) is 9.23 Å². The van der Waals surface area contributed by atoms with Crippen LogP contribution in [0.1, 0.15) is 22.9 Å². The van der Waals surface area contributed by atoms with Gasteiger partial charge in [0.25, 0.3) is 0 Å². The minimum Gasteiger partial charge on any atom is -0.494 e. The first-order valence-electron chi connectivity index (χ1n) is 5.30. The van der Waals surface area contributed by atoms with Crippen LogP contribution in [0.3, 0.4) is 0 Å². The van der Waals surface area contributed by atoms with Crippen LogP contribution in [0.5, 0.6) is 5.75 Å². The maximum atomic E-state index is 5.66. The molecule has 0 N–H and O–H groups in total. The van der Waals surface area contributed by atoms with Gasteiger partial charge in [-0.2, -0.15) is 11.3 Å². The van der Waals surface area contributed by atoms with Gasteiger partial charge < -0.3 is 4.74 Å². The third-order valence-corrected chi connectivity index (χ3v) is 4.60. The van der Waals surface area contributed by atoms with Crippen molar-refractivity contribution in [2.24, 2.45) is 0 Å². The summed E-state index contributed by atoms with van der Waals surface area (Å²) in [7, 11) is 0. The third-order valence-electron chi connectivity index (χ3n) is 2.38. The van der Waals surface area contributed by atoms with E-state index in [0.717, 1.165) is 15.8 Å². The normalized spacial score (nSPS) is 12.4. The van der Waals surface area contributed by atoms with Gasteiger partial charge in [-0.05, 0) is 47.5 Å². The summed E-state index contributed by atoms with van der Waals surface area (Å²) in [5, 5.41) is 4.23. The average Bonchev–Trinajstić information content (AvgIpc) is 2.84. The van der Waals surface area contributed by atoms with Gasteiger partial charge in [0.15, 0.2) is 0 Å². The van der Waals surface area contributed by atoms with E-state index in [-0.39, 0.29) is 4.83 Å². The number of alkyl halides is 1. The van der Waals surface area contributed by atoms with Crippen LogP contribution >= 0.6 is 43.2 Å². The monoisotopic (exact) mass is 374 g/mol. The number of rotatable bonds is 4. The highest BCUT2D eigenvalue weighted by atomic mass is 79.9. The van der Waals surface area contributed by atoms with E-state index in [1.807, 2.05) is 19.1 Å². The first-order chi connectivity index (χ1) is 8.22. The summed E-state index contributed by atoms with van der Waals surface area (Å²) in [6.45, 7) is 2.68. The Bertz CT molecular complexity index is 482. The Morgan fingerprint density at radius 3 is 2.82 bits per heavy atom. The lowest BCUT2D eigenvalue weighted by Gasteiger charge is -2.15. The fourth-order valence-corrected chi connectivity index (χ4v) is 3.49. The molecule has 90 valence electrons. The molecule has 1 aromatic carbocycles. The van der Waals surface area contributed by atoms with Gasteiger partial charge in [-0.3, -0.25) is 0 Å². The molecule has 4 heteroatoms. The highest BCUT2D eigenvalue weighted by Crippen LogP contribution is 2.38. The largest absolute Gasteiger partial charge is 0.494 e. The van der Waals surface area contributed by atoms with Crippen molar-refractivity contribution in [2.75, 3.05) is 6.61 Å². The summed E-state index contributed by atoms with van der Waals surface area (Å²) < 4.78 is 6.73. The molecule has 1 atom stereocenters. The Hall–Kier alpha value is -0.320. The summed E-state index contributed by atoms with van der Waals surface area (Å²) in [6, 6.07) is 8.23. The molecule has 0 spiro atoms. The van der Waals surface area contributed by atoms with E-state index in [1.54, 1.807) is 11.3 Å². The zero-order valence-electron chi connectivity index (χ0n) is 9.32. The highest BCUT2D eigenvalue weighted by Gasteiger charge is 2.16. The zero-order valence-corrected chi connectivity index (χ0v) is 13.3. The van der Waals surface area contributed by atoms with Crippen molar-refractivity contribution in [1.82, 2.24) is 0 Å². The molecule has 0 aliphatic rings. The predicted octanol–water partition coefficient (Wildman–Crippen LogP) is 5.39. The van der Waals surface area contributed by atoms with E-state index in [4.69, 9.17) is 4.74 Å². The molecule has 0 radical (unpaired) electrons. The van der Waals surface area contributed by atoms with E-state index >= 15 is 0 Å². The molecule has 0 saturated heterocycles. The number of benzene rings is 1. The van der Waals surface area contributed by atoms with Gasteiger partial charge in [-0.25, -0.2) is 0 Å². The lowest BCUT2D eigenvalue weighted by atomic mass is 10.1. The molecule has 1 nitrogen and oxygen atoms in total. The Morgan fingerprint density at radius 1 is 1.35 bits per heavy atom. The summed E-state index contributed by atoms with van der Waals surface area (Å²) in [5.41, 5.74) is 2.41. The molecule has 1 aromatic heterocycles. The summed E-state index contributed by atoms with van der Waals surface area (Å²) in [5.74, 6) is 0.934. The van der Waals surface area contributed by atoms with Gasteiger partial charge in [0.1, 0.15) is 5.75 Å². The Balaban J connectivity index is 2.38. The lowest BCUT2D eigenvalue weighted by molar-refractivity contribution is 0.337. The van der Waals surface area contributed by atoms with Crippen LogP contribution in [-0.2, 0) is 0 Å². The number of hydrogen-bond acceptors (Lipinski definition) is 2. The fraction of sp³-hybridized carbons (Fsp3) is 0.231.